The first kappa shape index (κ1) is 13.7. The molecule has 108 valence electrons. The topological polar surface area (TPSA) is 34.4 Å². The van der Waals surface area contributed by atoms with E-state index in [0.29, 0.717) is 0 Å². The molecule has 0 spiro atoms. The Bertz CT molecular complexity index is 744. The minimum Gasteiger partial charge on any atom is -0.497 e. The molecule has 3 heteroatoms. The molecule has 3 nitrogen and oxygen atoms in total. The van der Waals surface area contributed by atoms with Crippen LogP contribution >= 0.6 is 0 Å². The van der Waals surface area contributed by atoms with Gasteiger partial charge in [-0.25, -0.2) is 0 Å². The van der Waals surface area contributed by atoms with Gasteiger partial charge in [-0.2, -0.15) is 0 Å². The Hall–Kier alpha value is -2.26. The summed E-state index contributed by atoms with van der Waals surface area (Å²) < 4.78 is 11.3. The maximum atomic E-state index is 6.07. The van der Waals surface area contributed by atoms with E-state index >= 15 is 0 Å². The van der Waals surface area contributed by atoms with Crippen LogP contribution in [-0.4, -0.2) is 14.2 Å². The van der Waals surface area contributed by atoms with Crippen molar-refractivity contribution < 1.29 is 9.15 Å². The normalized spacial score (nSPS) is 12.5. The minimum absolute atomic E-state index is 0.0303. The molecular formula is C18H19NO2. The third-order valence-electron chi connectivity index (χ3n) is 3.78. The van der Waals surface area contributed by atoms with Crippen LogP contribution in [0.15, 0.2) is 52.9 Å². The van der Waals surface area contributed by atoms with Crippen LogP contribution in [0.2, 0.25) is 0 Å². The summed E-state index contributed by atoms with van der Waals surface area (Å²) in [7, 11) is 3.61. The lowest BCUT2D eigenvalue weighted by Gasteiger charge is -2.14. The van der Waals surface area contributed by atoms with Gasteiger partial charge in [-0.15, -0.1) is 0 Å². The van der Waals surface area contributed by atoms with Crippen molar-refractivity contribution in [1.82, 2.24) is 5.32 Å². The first-order valence-corrected chi connectivity index (χ1v) is 7.03. The first-order valence-electron chi connectivity index (χ1n) is 7.03. The Balaban J connectivity index is 2.02. The van der Waals surface area contributed by atoms with E-state index in [2.05, 4.69) is 48.6 Å². The van der Waals surface area contributed by atoms with Crippen molar-refractivity contribution in [3.8, 4) is 5.75 Å². The van der Waals surface area contributed by atoms with Gasteiger partial charge in [0.25, 0.3) is 0 Å². The summed E-state index contributed by atoms with van der Waals surface area (Å²) >= 11 is 0. The highest BCUT2D eigenvalue weighted by molar-refractivity contribution is 5.81. The van der Waals surface area contributed by atoms with E-state index in [4.69, 9.17) is 9.15 Å². The van der Waals surface area contributed by atoms with Crippen molar-refractivity contribution in [3.05, 3.63) is 65.4 Å². The molecule has 0 radical (unpaired) electrons. The van der Waals surface area contributed by atoms with Crippen LogP contribution < -0.4 is 10.1 Å². The van der Waals surface area contributed by atoms with Crippen LogP contribution in [0.1, 0.15) is 22.9 Å². The standard InChI is InChI=1S/C18H19NO2/c1-12-5-4-6-14-11-16(21-18(12)14)17(19-2)13-7-9-15(20-3)10-8-13/h4-11,17,19H,1-3H3. The zero-order valence-corrected chi connectivity index (χ0v) is 12.5. The summed E-state index contributed by atoms with van der Waals surface area (Å²) in [4.78, 5) is 0. The van der Waals surface area contributed by atoms with Gasteiger partial charge in [-0.05, 0) is 43.3 Å². The van der Waals surface area contributed by atoms with Crippen molar-refractivity contribution in [1.29, 1.82) is 0 Å². The monoisotopic (exact) mass is 281 g/mol. The molecule has 3 aromatic rings. The fourth-order valence-corrected chi connectivity index (χ4v) is 2.64. The number of hydrogen-bond acceptors (Lipinski definition) is 3. The summed E-state index contributed by atoms with van der Waals surface area (Å²) in [5, 5.41) is 4.46. The SMILES string of the molecule is CNC(c1ccc(OC)cc1)c1cc2cccc(C)c2o1. The molecule has 0 amide bonds. The second kappa shape index (κ2) is 5.62. The number of methoxy groups -OCH3 is 1. The minimum atomic E-state index is 0.0303. The van der Waals surface area contributed by atoms with Gasteiger partial charge in [0.2, 0.25) is 0 Å². The molecule has 0 fully saturated rings. The second-order valence-corrected chi connectivity index (χ2v) is 5.14. The van der Waals surface area contributed by atoms with Gasteiger partial charge in [0.05, 0.1) is 13.2 Å². The predicted molar refractivity (Wildman–Crippen MR) is 84.8 cm³/mol. The molecule has 21 heavy (non-hydrogen) atoms. The number of aryl methyl sites for hydroxylation is 1. The zero-order valence-electron chi connectivity index (χ0n) is 12.5. The molecule has 0 saturated carbocycles. The van der Waals surface area contributed by atoms with Crippen LogP contribution in [0.4, 0.5) is 0 Å². The van der Waals surface area contributed by atoms with Crippen LogP contribution in [0.5, 0.6) is 5.75 Å². The van der Waals surface area contributed by atoms with Gasteiger partial charge >= 0.3 is 0 Å². The smallest absolute Gasteiger partial charge is 0.137 e. The fourth-order valence-electron chi connectivity index (χ4n) is 2.64. The van der Waals surface area contributed by atoms with Gasteiger partial charge in [0.15, 0.2) is 0 Å². The number of ether oxygens (including phenoxy) is 1. The average Bonchev–Trinajstić information content (AvgIpc) is 2.94. The summed E-state index contributed by atoms with van der Waals surface area (Å²) in [5.41, 5.74) is 3.26. The number of nitrogens with one attached hydrogen (secondary N) is 1. The highest BCUT2D eigenvalue weighted by Crippen LogP contribution is 2.30. The number of para-hydroxylation sites is 1. The van der Waals surface area contributed by atoms with Crippen LogP contribution in [0.25, 0.3) is 11.0 Å². The molecule has 0 aliphatic rings. The highest BCUT2D eigenvalue weighted by atomic mass is 16.5. The number of rotatable bonds is 4. The van der Waals surface area contributed by atoms with Gasteiger partial charge in [0.1, 0.15) is 17.1 Å². The van der Waals surface area contributed by atoms with E-state index < -0.39 is 0 Å². The molecule has 1 atom stereocenters. The van der Waals surface area contributed by atoms with Crippen molar-refractivity contribution in [2.45, 2.75) is 13.0 Å². The molecule has 0 aliphatic heterocycles. The maximum Gasteiger partial charge on any atom is 0.137 e. The molecule has 0 bridgehead atoms. The predicted octanol–water partition coefficient (Wildman–Crippen LogP) is 4.06. The van der Waals surface area contributed by atoms with Crippen molar-refractivity contribution >= 4 is 11.0 Å². The number of benzene rings is 2. The molecule has 3 rings (SSSR count). The Morgan fingerprint density at radius 1 is 1.10 bits per heavy atom. The Morgan fingerprint density at radius 2 is 1.86 bits per heavy atom. The van der Waals surface area contributed by atoms with E-state index in [9.17, 15) is 0 Å². The molecule has 1 aromatic heterocycles. The molecule has 1 unspecified atom stereocenters. The van der Waals surface area contributed by atoms with Crippen LogP contribution in [0, 0.1) is 6.92 Å². The number of furan rings is 1. The Labute approximate surface area is 124 Å². The van der Waals surface area contributed by atoms with Crippen molar-refractivity contribution in [2.24, 2.45) is 0 Å². The van der Waals surface area contributed by atoms with E-state index in [1.807, 2.05) is 19.2 Å². The molecule has 1 heterocycles. The quantitative estimate of drug-likeness (QED) is 0.783. The molecule has 0 saturated heterocycles. The van der Waals surface area contributed by atoms with E-state index in [0.717, 1.165) is 33.6 Å². The molecule has 1 N–H and O–H groups in total. The highest BCUT2D eigenvalue weighted by Gasteiger charge is 2.17. The summed E-state index contributed by atoms with van der Waals surface area (Å²) in [6.45, 7) is 2.07. The third kappa shape index (κ3) is 2.52. The summed E-state index contributed by atoms with van der Waals surface area (Å²) in [6.07, 6.45) is 0. The van der Waals surface area contributed by atoms with Gasteiger partial charge < -0.3 is 14.5 Å². The van der Waals surface area contributed by atoms with E-state index in [1.54, 1.807) is 7.11 Å². The molecule has 0 aliphatic carbocycles. The Morgan fingerprint density at radius 3 is 2.48 bits per heavy atom. The second-order valence-electron chi connectivity index (χ2n) is 5.14. The fraction of sp³-hybridized carbons (Fsp3) is 0.222. The van der Waals surface area contributed by atoms with Crippen molar-refractivity contribution in [3.63, 3.8) is 0 Å². The third-order valence-corrected chi connectivity index (χ3v) is 3.78. The number of hydrogen-bond donors (Lipinski definition) is 1. The maximum absolute atomic E-state index is 6.07. The lowest BCUT2D eigenvalue weighted by Crippen LogP contribution is -2.16. The van der Waals surface area contributed by atoms with E-state index in [-0.39, 0.29) is 6.04 Å². The Kier molecular flexibility index (Phi) is 3.67. The lowest BCUT2D eigenvalue weighted by molar-refractivity contribution is 0.414. The van der Waals surface area contributed by atoms with Crippen LogP contribution in [-0.2, 0) is 0 Å². The number of fused-ring (bicyclic) bond motifs is 1. The molecular weight excluding hydrogens is 262 g/mol. The van der Waals surface area contributed by atoms with E-state index in [1.165, 1.54) is 0 Å². The lowest BCUT2D eigenvalue weighted by atomic mass is 10.0. The average molecular weight is 281 g/mol. The van der Waals surface area contributed by atoms with Gasteiger partial charge in [0, 0.05) is 5.39 Å². The molecule has 2 aromatic carbocycles. The summed E-state index contributed by atoms with van der Waals surface area (Å²) in [6, 6.07) is 16.4. The summed E-state index contributed by atoms with van der Waals surface area (Å²) in [5.74, 6) is 1.78. The largest absolute Gasteiger partial charge is 0.497 e. The van der Waals surface area contributed by atoms with Gasteiger partial charge in [-0.3, -0.25) is 0 Å². The van der Waals surface area contributed by atoms with Crippen LogP contribution in [0.3, 0.4) is 0 Å². The first-order chi connectivity index (χ1) is 10.2. The van der Waals surface area contributed by atoms with Gasteiger partial charge in [-0.1, -0.05) is 30.3 Å². The van der Waals surface area contributed by atoms with Crippen molar-refractivity contribution in [2.75, 3.05) is 14.2 Å². The zero-order chi connectivity index (χ0) is 14.8.